The van der Waals surface area contributed by atoms with E-state index in [-0.39, 0.29) is 30.2 Å². The minimum absolute atomic E-state index is 0.157. The van der Waals surface area contributed by atoms with Gasteiger partial charge in [-0.25, -0.2) is 0 Å². The first-order chi connectivity index (χ1) is 15.7. The highest BCUT2D eigenvalue weighted by molar-refractivity contribution is 5.99. The van der Waals surface area contributed by atoms with E-state index in [1.54, 1.807) is 4.90 Å². The summed E-state index contributed by atoms with van der Waals surface area (Å²) in [7, 11) is 0. The standard InChI is InChI=1S/C25H43N3O5/c1-6-9-13-27-22(31)20-25-11-10-24(8-3,33-25)18(21(30)26-12-7-2)19(25)23(32)28(20)17(15-29)14-16(4)5/h16-20,29H,6-15H2,1-5H3,(H,26,30)(H,27,31)/t17-,18-,19+,20?,24+,25?/m1/s1. The summed E-state index contributed by atoms with van der Waals surface area (Å²) < 4.78 is 6.71. The Kier molecular flexibility index (Phi) is 8.10. The van der Waals surface area contributed by atoms with Crippen molar-refractivity contribution in [3.8, 4) is 0 Å². The van der Waals surface area contributed by atoms with Gasteiger partial charge >= 0.3 is 0 Å². The molecular weight excluding hydrogens is 422 g/mol. The van der Waals surface area contributed by atoms with Crippen molar-refractivity contribution >= 4 is 17.7 Å². The Balaban J connectivity index is 2.05. The summed E-state index contributed by atoms with van der Waals surface area (Å²) in [4.78, 5) is 42.5. The van der Waals surface area contributed by atoms with Gasteiger partial charge in [-0.1, -0.05) is 41.0 Å². The third-order valence-corrected chi connectivity index (χ3v) is 7.88. The molecule has 0 saturated carbocycles. The quantitative estimate of drug-likeness (QED) is 0.382. The van der Waals surface area contributed by atoms with Crippen LogP contribution in [0.1, 0.15) is 79.6 Å². The number of unbranched alkanes of at least 4 members (excludes halogenated alkanes) is 1. The van der Waals surface area contributed by atoms with E-state index in [1.165, 1.54) is 0 Å². The summed E-state index contributed by atoms with van der Waals surface area (Å²) in [6.45, 7) is 11.0. The molecule has 0 aromatic rings. The molecule has 3 fully saturated rings. The van der Waals surface area contributed by atoms with Gasteiger partial charge in [-0.05, 0) is 44.4 Å². The minimum atomic E-state index is -1.03. The average molecular weight is 466 g/mol. The lowest BCUT2D eigenvalue weighted by atomic mass is 9.65. The van der Waals surface area contributed by atoms with Crippen LogP contribution in [0.2, 0.25) is 0 Å². The van der Waals surface area contributed by atoms with Gasteiger partial charge in [0.05, 0.1) is 30.1 Å². The Labute approximate surface area is 198 Å². The summed E-state index contributed by atoms with van der Waals surface area (Å²) in [5, 5.41) is 16.2. The largest absolute Gasteiger partial charge is 0.394 e. The smallest absolute Gasteiger partial charge is 0.245 e. The van der Waals surface area contributed by atoms with E-state index in [4.69, 9.17) is 4.74 Å². The molecule has 3 saturated heterocycles. The van der Waals surface area contributed by atoms with Crippen LogP contribution in [0.3, 0.4) is 0 Å². The van der Waals surface area contributed by atoms with Crippen molar-refractivity contribution in [2.45, 2.75) is 103 Å². The van der Waals surface area contributed by atoms with Crippen LogP contribution in [-0.2, 0) is 19.1 Å². The summed E-state index contributed by atoms with van der Waals surface area (Å²) in [5.74, 6) is -1.70. The van der Waals surface area contributed by atoms with Crippen LogP contribution in [0.15, 0.2) is 0 Å². The molecule has 0 aromatic heterocycles. The Morgan fingerprint density at radius 3 is 2.39 bits per heavy atom. The van der Waals surface area contributed by atoms with E-state index in [0.29, 0.717) is 38.8 Å². The molecule has 3 rings (SSSR count). The van der Waals surface area contributed by atoms with Crippen LogP contribution in [-0.4, -0.2) is 70.7 Å². The summed E-state index contributed by atoms with van der Waals surface area (Å²) >= 11 is 0. The van der Waals surface area contributed by atoms with E-state index in [9.17, 15) is 19.5 Å². The Hall–Kier alpha value is -1.67. The van der Waals surface area contributed by atoms with E-state index >= 15 is 0 Å². The molecule has 1 spiro atoms. The third kappa shape index (κ3) is 4.29. The van der Waals surface area contributed by atoms with Gasteiger partial charge in [0, 0.05) is 13.1 Å². The summed E-state index contributed by atoms with van der Waals surface area (Å²) in [5.41, 5.74) is -1.75. The van der Waals surface area contributed by atoms with E-state index in [0.717, 1.165) is 19.3 Å². The lowest BCUT2D eigenvalue weighted by molar-refractivity contribution is -0.151. The first-order valence-electron chi connectivity index (χ1n) is 12.9. The lowest BCUT2D eigenvalue weighted by Gasteiger charge is -2.38. The second-order valence-electron chi connectivity index (χ2n) is 10.5. The zero-order chi connectivity index (χ0) is 24.4. The van der Waals surface area contributed by atoms with E-state index in [2.05, 4.69) is 17.6 Å². The van der Waals surface area contributed by atoms with Gasteiger partial charge in [-0.15, -0.1) is 0 Å². The van der Waals surface area contributed by atoms with Gasteiger partial charge < -0.3 is 25.4 Å². The molecule has 33 heavy (non-hydrogen) atoms. The fraction of sp³-hybridized carbons (Fsp3) is 0.880. The number of aliphatic hydroxyl groups is 1. The van der Waals surface area contributed by atoms with E-state index < -0.39 is 35.1 Å². The number of nitrogens with zero attached hydrogens (tertiary/aromatic N) is 1. The zero-order valence-electron chi connectivity index (χ0n) is 21.0. The first-order valence-corrected chi connectivity index (χ1v) is 12.9. The number of hydrogen-bond acceptors (Lipinski definition) is 5. The fourth-order valence-corrected chi connectivity index (χ4v) is 6.41. The highest BCUT2D eigenvalue weighted by Gasteiger charge is 2.79. The fourth-order valence-electron chi connectivity index (χ4n) is 6.41. The molecule has 3 aliphatic rings. The zero-order valence-corrected chi connectivity index (χ0v) is 21.0. The third-order valence-electron chi connectivity index (χ3n) is 7.88. The number of amides is 3. The second kappa shape index (κ2) is 10.3. The van der Waals surface area contributed by atoms with Crippen LogP contribution in [0.25, 0.3) is 0 Å². The second-order valence-corrected chi connectivity index (χ2v) is 10.5. The maximum Gasteiger partial charge on any atom is 0.245 e. The molecule has 188 valence electrons. The number of rotatable bonds is 12. The molecule has 3 heterocycles. The summed E-state index contributed by atoms with van der Waals surface area (Å²) in [6, 6.07) is -1.32. The number of carbonyl (C=O) groups excluding carboxylic acids is 3. The lowest BCUT2D eigenvalue weighted by Crippen LogP contribution is -2.58. The molecule has 6 atom stereocenters. The van der Waals surface area contributed by atoms with Crippen LogP contribution in [0.4, 0.5) is 0 Å². The van der Waals surface area contributed by atoms with Gasteiger partial charge in [0.15, 0.2) is 0 Å². The molecule has 3 aliphatic heterocycles. The molecule has 8 heteroatoms. The normalized spacial score (nSPS) is 33.5. The maximum atomic E-state index is 14.0. The Morgan fingerprint density at radius 2 is 1.82 bits per heavy atom. The number of nitrogens with one attached hydrogen (secondary N) is 2. The number of aliphatic hydroxyl groups excluding tert-OH is 1. The van der Waals surface area contributed by atoms with Crippen molar-refractivity contribution in [1.82, 2.24) is 15.5 Å². The van der Waals surface area contributed by atoms with Crippen molar-refractivity contribution in [2.24, 2.45) is 17.8 Å². The highest BCUT2D eigenvalue weighted by Crippen LogP contribution is 2.64. The SMILES string of the molecule is CCCCNC(=O)C1N([C@@H](CO)CC(C)C)C(=O)[C@@H]2[C@H](C(=O)NCCC)[C@]3(CC)CCC12O3. The predicted molar refractivity (Wildman–Crippen MR) is 125 cm³/mol. The maximum absolute atomic E-state index is 14.0. The van der Waals surface area contributed by atoms with Gasteiger partial charge in [0.25, 0.3) is 0 Å². The highest BCUT2D eigenvalue weighted by atomic mass is 16.5. The van der Waals surface area contributed by atoms with Crippen LogP contribution in [0.5, 0.6) is 0 Å². The topological polar surface area (TPSA) is 108 Å². The number of hydrogen-bond donors (Lipinski definition) is 3. The Bertz CT molecular complexity index is 744. The molecule has 2 bridgehead atoms. The first kappa shape index (κ1) is 25.9. The predicted octanol–water partition coefficient (Wildman–Crippen LogP) is 1.99. The van der Waals surface area contributed by atoms with Crippen molar-refractivity contribution in [1.29, 1.82) is 0 Å². The van der Waals surface area contributed by atoms with Crippen LogP contribution < -0.4 is 10.6 Å². The monoisotopic (exact) mass is 465 g/mol. The van der Waals surface area contributed by atoms with E-state index in [1.807, 2.05) is 27.7 Å². The number of fused-ring (bicyclic) bond motifs is 1. The van der Waals surface area contributed by atoms with Gasteiger partial charge in [-0.3, -0.25) is 14.4 Å². The molecule has 3 N–H and O–H groups in total. The molecule has 8 nitrogen and oxygen atoms in total. The molecule has 3 amide bonds. The number of likely N-dealkylation sites (tertiary alicyclic amines) is 1. The number of ether oxygens (including phenoxy) is 1. The minimum Gasteiger partial charge on any atom is -0.394 e. The van der Waals surface area contributed by atoms with Gasteiger partial charge in [0.1, 0.15) is 11.6 Å². The molecule has 0 aliphatic carbocycles. The van der Waals surface area contributed by atoms with Gasteiger partial charge in [-0.2, -0.15) is 0 Å². The van der Waals surface area contributed by atoms with Crippen molar-refractivity contribution in [3.05, 3.63) is 0 Å². The molecule has 0 aromatic carbocycles. The number of carbonyl (C=O) groups is 3. The molecule has 2 unspecified atom stereocenters. The molecule has 0 radical (unpaired) electrons. The van der Waals surface area contributed by atoms with Gasteiger partial charge in [0.2, 0.25) is 17.7 Å². The van der Waals surface area contributed by atoms with Crippen LogP contribution in [0, 0.1) is 17.8 Å². The van der Waals surface area contributed by atoms with Crippen LogP contribution >= 0.6 is 0 Å². The van der Waals surface area contributed by atoms with Crippen molar-refractivity contribution in [2.75, 3.05) is 19.7 Å². The molecular formula is C25H43N3O5. The van der Waals surface area contributed by atoms with Crippen molar-refractivity contribution < 1.29 is 24.2 Å². The summed E-state index contributed by atoms with van der Waals surface area (Å²) in [6.07, 6.45) is 5.01. The van der Waals surface area contributed by atoms with Crippen molar-refractivity contribution in [3.63, 3.8) is 0 Å². The Morgan fingerprint density at radius 1 is 1.12 bits per heavy atom. The average Bonchev–Trinajstić information content (AvgIpc) is 3.39.